The first-order valence-electron chi connectivity index (χ1n) is 7.39. The van der Waals surface area contributed by atoms with E-state index in [1.165, 1.54) is 6.33 Å². The van der Waals surface area contributed by atoms with E-state index in [0.717, 1.165) is 16.8 Å². The van der Waals surface area contributed by atoms with Gasteiger partial charge in [-0.2, -0.15) is 5.10 Å². The lowest BCUT2D eigenvalue weighted by Gasteiger charge is -2.22. The van der Waals surface area contributed by atoms with Gasteiger partial charge in [-0.1, -0.05) is 30.3 Å². The van der Waals surface area contributed by atoms with Crippen molar-refractivity contribution in [1.29, 1.82) is 0 Å². The Hall–Kier alpha value is -2.51. The van der Waals surface area contributed by atoms with Gasteiger partial charge in [0.15, 0.2) is 5.65 Å². The molecule has 1 aromatic carbocycles. The van der Waals surface area contributed by atoms with Gasteiger partial charge < -0.3 is 14.7 Å². The average Bonchev–Trinajstić information content (AvgIpc) is 3.04. The predicted octanol–water partition coefficient (Wildman–Crippen LogP) is 1.37. The Morgan fingerprint density at radius 1 is 1.26 bits per heavy atom. The highest BCUT2D eigenvalue weighted by molar-refractivity contribution is 5.85. The molecule has 3 aromatic rings. The van der Waals surface area contributed by atoms with Crippen LogP contribution in [0.2, 0.25) is 0 Å². The average molecular weight is 313 g/mol. The second-order valence-electron chi connectivity index (χ2n) is 5.36. The Morgan fingerprint density at radius 2 is 2.09 bits per heavy atom. The molecule has 2 heterocycles. The predicted molar refractivity (Wildman–Crippen MR) is 87.1 cm³/mol. The van der Waals surface area contributed by atoms with Crippen LogP contribution in [-0.2, 0) is 11.3 Å². The van der Waals surface area contributed by atoms with Crippen molar-refractivity contribution in [3.05, 3.63) is 48.4 Å². The molecule has 0 saturated carbocycles. The number of nitrogens with zero attached hydrogens (tertiary/aromatic N) is 4. The van der Waals surface area contributed by atoms with Crippen molar-refractivity contribution in [2.24, 2.45) is 0 Å². The molecular weight excluding hydrogens is 294 g/mol. The van der Waals surface area contributed by atoms with Gasteiger partial charge in [0.2, 0.25) is 0 Å². The van der Waals surface area contributed by atoms with E-state index in [0.29, 0.717) is 18.8 Å². The maximum absolute atomic E-state index is 10.1. The van der Waals surface area contributed by atoms with Gasteiger partial charge in [0, 0.05) is 13.6 Å². The number of likely N-dealkylation sites (N-methyl/N-ethyl adjacent to an activating group) is 1. The normalized spacial score (nSPS) is 12.4. The second kappa shape index (κ2) is 7.17. The fourth-order valence-electron chi connectivity index (χ4n) is 2.40. The van der Waals surface area contributed by atoms with Crippen LogP contribution in [0.4, 0.5) is 5.82 Å². The molecule has 2 N–H and O–H groups in total. The number of H-pyrrole nitrogens is 1. The Bertz CT molecular complexity index is 746. The lowest BCUT2D eigenvalue weighted by atomic mass is 10.2. The summed E-state index contributed by atoms with van der Waals surface area (Å²) >= 11 is 0. The van der Waals surface area contributed by atoms with E-state index in [4.69, 9.17) is 4.74 Å². The molecule has 0 aliphatic carbocycles. The number of ether oxygens (including phenoxy) is 1. The largest absolute Gasteiger partial charge is 0.389 e. The highest BCUT2D eigenvalue weighted by Gasteiger charge is 2.14. The fourth-order valence-corrected chi connectivity index (χ4v) is 2.40. The third-order valence-corrected chi connectivity index (χ3v) is 3.49. The summed E-state index contributed by atoms with van der Waals surface area (Å²) in [4.78, 5) is 10.2. The molecule has 2 aromatic heterocycles. The fraction of sp³-hybridized carbons (Fsp3) is 0.312. The molecule has 0 aliphatic rings. The van der Waals surface area contributed by atoms with Crippen molar-refractivity contribution in [2.75, 3.05) is 25.1 Å². The number of fused-ring (bicyclic) bond motifs is 1. The number of aromatic nitrogens is 4. The number of rotatable bonds is 7. The van der Waals surface area contributed by atoms with E-state index in [9.17, 15) is 5.11 Å². The molecule has 0 aliphatic heterocycles. The molecule has 7 heteroatoms. The number of aromatic amines is 1. The first-order chi connectivity index (χ1) is 11.2. The van der Waals surface area contributed by atoms with Crippen molar-refractivity contribution in [1.82, 2.24) is 20.2 Å². The lowest BCUT2D eigenvalue weighted by molar-refractivity contribution is 0.0324. The van der Waals surface area contributed by atoms with Crippen molar-refractivity contribution in [3.63, 3.8) is 0 Å². The number of hydrogen-bond donors (Lipinski definition) is 2. The van der Waals surface area contributed by atoms with Crippen molar-refractivity contribution >= 4 is 16.9 Å². The Labute approximate surface area is 133 Å². The number of nitrogens with one attached hydrogen (secondary N) is 1. The van der Waals surface area contributed by atoms with Crippen LogP contribution in [0.1, 0.15) is 5.56 Å². The van der Waals surface area contributed by atoms with Crippen molar-refractivity contribution in [3.8, 4) is 0 Å². The third-order valence-electron chi connectivity index (χ3n) is 3.49. The molecule has 0 radical (unpaired) electrons. The zero-order valence-electron chi connectivity index (χ0n) is 12.9. The zero-order valence-corrected chi connectivity index (χ0v) is 12.9. The van der Waals surface area contributed by atoms with Gasteiger partial charge >= 0.3 is 0 Å². The highest BCUT2D eigenvalue weighted by Crippen LogP contribution is 2.19. The molecule has 23 heavy (non-hydrogen) atoms. The molecule has 120 valence electrons. The monoisotopic (exact) mass is 313 g/mol. The molecule has 0 spiro atoms. The molecule has 3 rings (SSSR count). The molecule has 0 bridgehead atoms. The van der Waals surface area contributed by atoms with Gasteiger partial charge in [0.05, 0.1) is 30.9 Å². The van der Waals surface area contributed by atoms with Gasteiger partial charge in [-0.25, -0.2) is 9.97 Å². The number of aliphatic hydroxyl groups excluding tert-OH is 1. The smallest absolute Gasteiger partial charge is 0.160 e. The molecule has 0 fully saturated rings. The first-order valence-corrected chi connectivity index (χ1v) is 7.39. The maximum Gasteiger partial charge on any atom is 0.160 e. The minimum absolute atomic E-state index is 0.263. The standard InChI is InChI=1S/C16H19N5O2/c1-21(16-14-7-19-20-15(14)17-11-18-16)8-13(22)10-23-9-12-5-3-2-4-6-12/h2-7,11,13,22H,8-10H2,1H3,(H,17,18,19,20)/t13-/m1/s1. The van der Waals surface area contributed by atoms with Crippen molar-refractivity contribution in [2.45, 2.75) is 12.7 Å². The van der Waals surface area contributed by atoms with Crippen LogP contribution in [0.15, 0.2) is 42.9 Å². The van der Waals surface area contributed by atoms with Crippen LogP contribution >= 0.6 is 0 Å². The summed E-state index contributed by atoms with van der Waals surface area (Å²) in [6, 6.07) is 9.89. The molecular formula is C16H19N5O2. The third kappa shape index (κ3) is 3.82. The Kier molecular flexibility index (Phi) is 4.80. The van der Waals surface area contributed by atoms with Gasteiger partial charge in [-0.3, -0.25) is 5.10 Å². The van der Waals surface area contributed by atoms with Crippen LogP contribution in [0, 0.1) is 0 Å². The number of benzene rings is 1. The van der Waals surface area contributed by atoms with Gasteiger partial charge in [-0.05, 0) is 5.56 Å². The number of anilines is 1. The van der Waals surface area contributed by atoms with E-state index < -0.39 is 6.10 Å². The Balaban J connectivity index is 1.53. The first kappa shape index (κ1) is 15.4. The van der Waals surface area contributed by atoms with Gasteiger partial charge in [0.25, 0.3) is 0 Å². The second-order valence-corrected chi connectivity index (χ2v) is 5.36. The van der Waals surface area contributed by atoms with E-state index in [2.05, 4.69) is 20.2 Å². The summed E-state index contributed by atoms with van der Waals surface area (Å²) in [7, 11) is 1.87. The zero-order chi connectivity index (χ0) is 16.1. The maximum atomic E-state index is 10.1. The lowest BCUT2D eigenvalue weighted by Crippen LogP contribution is -2.32. The molecule has 0 unspecified atom stereocenters. The highest BCUT2D eigenvalue weighted by atomic mass is 16.5. The number of hydrogen-bond acceptors (Lipinski definition) is 6. The van der Waals surface area contributed by atoms with E-state index in [-0.39, 0.29) is 6.61 Å². The quantitative estimate of drug-likeness (QED) is 0.685. The minimum atomic E-state index is -0.611. The molecule has 0 amide bonds. The van der Waals surface area contributed by atoms with Gasteiger partial charge in [0.1, 0.15) is 12.1 Å². The Morgan fingerprint density at radius 3 is 2.91 bits per heavy atom. The topological polar surface area (TPSA) is 87.2 Å². The van der Waals surface area contributed by atoms with E-state index in [1.807, 2.05) is 42.3 Å². The summed E-state index contributed by atoms with van der Waals surface area (Å²) in [6.07, 6.45) is 2.55. The summed E-state index contributed by atoms with van der Waals surface area (Å²) in [5, 5.41) is 17.7. The summed E-state index contributed by atoms with van der Waals surface area (Å²) in [5.41, 5.74) is 1.76. The summed E-state index contributed by atoms with van der Waals surface area (Å²) < 4.78 is 5.56. The van der Waals surface area contributed by atoms with E-state index in [1.54, 1.807) is 6.20 Å². The van der Waals surface area contributed by atoms with Crippen LogP contribution < -0.4 is 4.90 Å². The van der Waals surface area contributed by atoms with Gasteiger partial charge in [-0.15, -0.1) is 0 Å². The minimum Gasteiger partial charge on any atom is -0.389 e. The van der Waals surface area contributed by atoms with Crippen LogP contribution in [0.5, 0.6) is 0 Å². The molecule has 1 atom stereocenters. The van der Waals surface area contributed by atoms with Crippen LogP contribution in [-0.4, -0.2) is 51.6 Å². The SMILES string of the molecule is CN(C[C@@H](O)COCc1ccccc1)c1ncnc2[nH]ncc12. The van der Waals surface area contributed by atoms with Crippen LogP contribution in [0.25, 0.3) is 11.0 Å². The number of aliphatic hydroxyl groups is 1. The van der Waals surface area contributed by atoms with E-state index >= 15 is 0 Å². The molecule has 7 nitrogen and oxygen atoms in total. The van der Waals surface area contributed by atoms with Crippen molar-refractivity contribution < 1.29 is 9.84 Å². The molecule has 0 saturated heterocycles. The summed E-state index contributed by atoms with van der Waals surface area (Å²) in [5.74, 6) is 0.728. The summed E-state index contributed by atoms with van der Waals surface area (Å²) in [6.45, 7) is 1.16. The van der Waals surface area contributed by atoms with Crippen LogP contribution in [0.3, 0.4) is 0 Å².